The number of guanidine groups is 1. The van der Waals surface area contributed by atoms with E-state index in [4.69, 9.17) is 22.9 Å². The number of aromatic nitrogens is 4. The molecule has 1 aliphatic heterocycles. The standard InChI is InChI=1S/C35H57N15O9/c1-19(45-31(55)25(13-21-15-41-18-44-21)48-29(53)22(37)12-20-14-40-17-43-20)28(52)49-26(16-51)33(57)50-11-5-8-27(50)32(56)46-23(7-4-10-42-35(38)39)30(54)47-24(34(58)59)6-2-3-9-36/h14-15,17-19,22-27,51H,2-13,16,36-37H2,1H3,(H,40,43)(H,41,44)(H,45,55)(H,46,56)(H,47,54)(H,48,53)(H,49,52)(H,58,59)(H4,38,39,42)/t19-,22-,23-,24-,25-,26-,27-/m0/s1. The number of amides is 6. The number of aliphatic carboxylic acids is 1. The SMILES string of the molecule is C[C@H](NC(=O)[C@H](Cc1cnc[nH]1)NC(=O)[C@@H](N)Cc1cnc[nH]1)C(=O)N[C@@H](CO)C(=O)N1CCC[C@H]1C(=O)N[C@@H](CCCN=C(N)N)C(=O)N[C@@H](CCCCN)C(=O)O. The number of hydrogen-bond donors (Lipinski definition) is 13. The van der Waals surface area contributed by atoms with Crippen LogP contribution in [0.4, 0.5) is 0 Å². The van der Waals surface area contributed by atoms with E-state index in [0.717, 1.165) is 0 Å². The summed E-state index contributed by atoms with van der Waals surface area (Å²) in [5.74, 6) is -5.98. The summed E-state index contributed by atoms with van der Waals surface area (Å²) in [5.41, 5.74) is 23.5. The lowest BCUT2D eigenvalue weighted by atomic mass is 10.1. The summed E-state index contributed by atoms with van der Waals surface area (Å²) in [6, 6.07) is -8.62. The minimum atomic E-state index is -1.53. The van der Waals surface area contributed by atoms with Gasteiger partial charge in [-0.05, 0) is 58.4 Å². The number of hydrogen-bond acceptors (Lipinski definition) is 13. The van der Waals surface area contributed by atoms with Gasteiger partial charge in [-0.2, -0.15) is 0 Å². The number of aliphatic hydroxyl groups is 1. The molecule has 0 aliphatic carbocycles. The zero-order valence-corrected chi connectivity index (χ0v) is 32.9. The van der Waals surface area contributed by atoms with Gasteiger partial charge in [0.05, 0.1) is 25.3 Å². The number of nitrogens with one attached hydrogen (secondary N) is 7. The van der Waals surface area contributed by atoms with Crippen LogP contribution in [-0.2, 0) is 46.4 Å². The van der Waals surface area contributed by atoms with Crippen molar-refractivity contribution >= 4 is 47.4 Å². The maximum Gasteiger partial charge on any atom is 0.326 e. The van der Waals surface area contributed by atoms with Crippen LogP contribution in [-0.4, -0.2) is 151 Å². The van der Waals surface area contributed by atoms with Crippen LogP contribution in [0.25, 0.3) is 0 Å². The molecule has 7 atom stereocenters. The van der Waals surface area contributed by atoms with E-state index >= 15 is 0 Å². The average molecular weight is 832 g/mol. The molecule has 0 saturated carbocycles. The zero-order chi connectivity index (χ0) is 43.5. The summed E-state index contributed by atoms with van der Waals surface area (Å²) >= 11 is 0. The number of carboxylic acid groups (broad SMARTS) is 1. The van der Waals surface area contributed by atoms with Crippen LogP contribution in [0.15, 0.2) is 30.0 Å². The number of aliphatic hydroxyl groups excluding tert-OH is 1. The first-order valence-corrected chi connectivity index (χ1v) is 19.3. The number of aliphatic imine (C=N–C) groups is 1. The van der Waals surface area contributed by atoms with Gasteiger partial charge in [0.15, 0.2) is 5.96 Å². The number of unbranched alkanes of at least 4 members (excludes halogenated alkanes) is 1. The second kappa shape index (κ2) is 23.9. The normalized spacial score (nSPS) is 16.7. The third kappa shape index (κ3) is 15.3. The van der Waals surface area contributed by atoms with Gasteiger partial charge in [0.2, 0.25) is 35.4 Å². The Morgan fingerprint density at radius 2 is 1.44 bits per heavy atom. The molecule has 2 aromatic heterocycles. The van der Waals surface area contributed by atoms with Gasteiger partial charge in [-0.1, -0.05) is 0 Å². The smallest absolute Gasteiger partial charge is 0.326 e. The fourth-order valence-electron chi connectivity index (χ4n) is 6.26. The van der Waals surface area contributed by atoms with E-state index < -0.39 is 90.3 Å². The van der Waals surface area contributed by atoms with E-state index in [9.17, 15) is 43.8 Å². The number of likely N-dealkylation sites (tertiary alicyclic amines) is 1. The molecule has 2 aromatic rings. The van der Waals surface area contributed by atoms with Crippen molar-refractivity contribution in [3.05, 3.63) is 36.4 Å². The number of imidazole rings is 2. The summed E-state index contributed by atoms with van der Waals surface area (Å²) < 4.78 is 0. The molecule has 1 saturated heterocycles. The van der Waals surface area contributed by atoms with Gasteiger partial charge in [0.1, 0.15) is 36.3 Å². The first kappa shape index (κ1) is 47.2. The summed E-state index contributed by atoms with van der Waals surface area (Å²) in [6.07, 6.45) is 7.78. The Kier molecular flexibility index (Phi) is 19.2. The molecule has 0 radical (unpaired) electrons. The first-order valence-electron chi connectivity index (χ1n) is 19.3. The molecule has 3 rings (SSSR count). The predicted octanol–water partition coefficient (Wildman–Crippen LogP) is -5.06. The number of H-pyrrole nitrogens is 2. The van der Waals surface area contributed by atoms with Gasteiger partial charge < -0.3 is 74.6 Å². The number of nitrogens with two attached hydrogens (primary N) is 4. The van der Waals surface area contributed by atoms with Crippen molar-refractivity contribution in [3.63, 3.8) is 0 Å². The molecule has 17 N–H and O–H groups in total. The second-order valence-electron chi connectivity index (χ2n) is 14.1. The van der Waals surface area contributed by atoms with Crippen LogP contribution in [0.2, 0.25) is 0 Å². The van der Waals surface area contributed by atoms with Gasteiger partial charge >= 0.3 is 5.97 Å². The minimum absolute atomic E-state index is 0.0213. The number of carbonyl (C=O) groups excluding carboxylic acids is 6. The van der Waals surface area contributed by atoms with Crippen LogP contribution in [0.5, 0.6) is 0 Å². The summed E-state index contributed by atoms with van der Waals surface area (Å²) in [5, 5.41) is 32.5. The van der Waals surface area contributed by atoms with Gasteiger partial charge in [0.25, 0.3) is 0 Å². The van der Waals surface area contributed by atoms with Gasteiger partial charge in [-0.15, -0.1) is 0 Å². The Bertz CT molecular complexity index is 1720. The average Bonchev–Trinajstić information content (AvgIpc) is 4.01. The van der Waals surface area contributed by atoms with E-state index in [1.165, 1.54) is 36.9 Å². The number of carbonyl (C=O) groups is 7. The van der Waals surface area contributed by atoms with Crippen LogP contribution < -0.4 is 49.5 Å². The Morgan fingerprint density at radius 3 is 2.03 bits per heavy atom. The third-order valence-corrected chi connectivity index (χ3v) is 9.47. The van der Waals surface area contributed by atoms with E-state index in [-0.39, 0.29) is 57.6 Å². The molecule has 0 aromatic carbocycles. The van der Waals surface area contributed by atoms with Gasteiger partial charge in [0, 0.05) is 49.7 Å². The topological polar surface area (TPSA) is 397 Å². The number of aromatic amines is 2. The van der Waals surface area contributed by atoms with Crippen molar-refractivity contribution in [3.8, 4) is 0 Å². The molecule has 59 heavy (non-hydrogen) atoms. The van der Waals surface area contributed by atoms with E-state index in [1.54, 1.807) is 0 Å². The highest BCUT2D eigenvalue weighted by Crippen LogP contribution is 2.19. The third-order valence-electron chi connectivity index (χ3n) is 9.47. The monoisotopic (exact) mass is 831 g/mol. The van der Waals surface area contributed by atoms with Gasteiger partial charge in [-0.25, -0.2) is 14.8 Å². The quantitative estimate of drug-likeness (QED) is 0.0253. The highest BCUT2D eigenvalue weighted by molar-refractivity contribution is 5.97. The molecule has 6 amide bonds. The Balaban J connectivity index is 1.66. The fourth-order valence-corrected chi connectivity index (χ4v) is 6.26. The van der Waals surface area contributed by atoms with Crippen LogP contribution in [0.3, 0.4) is 0 Å². The number of nitrogens with zero attached hydrogens (tertiary/aromatic N) is 4. The highest BCUT2D eigenvalue weighted by Gasteiger charge is 2.39. The van der Waals surface area contributed by atoms with E-state index in [1.807, 2.05) is 0 Å². The maximum atomic E-state index is 13.7. The summed E-state index contributed by atoms with van der Waals surface area (Å²) in [7, 11) is 0. The lowest BCUT2D eigenvalue weighted by Gasteiger charge is -2.30. The fraction of sp³-hybridized carbons (Fsp3) is 0.600. The van der Waals surface area contributed by atoms with Crippen molar-refractivity contribution in [1.29, 1.82) is 0 Å². The predicted molar refractivity (Wildman–Crippen MR) is 210 cm³/mol. The van der Waals surface area contributed by atoms with Crippen molar-refractivity contribution in [1.82, 2.24) is 51.4 Å². The minimum Gasteiger partial charge on any atom is -0.480 e. The molecule has 326 valence electrons. The molecule has 1 fully saturated rings. The molecule has 24 nitrogen and oxygen atoms in total. The number of rotatable bonds is 25. The lowest BCUT2D eigenvalue weighted by Crippen LogP contribution is -2.60. The molecule has 0 spiro atoms. The molecule has 1 aliphatic rings. The number of carboxylic acids is 1. The van der Waals surface area contributed by atoms with Crippen LogP contribution in [0.1, 0.15) is 63.3 Å². The molecule has 0 bridgehead atoms. The van der Waals surface area contributed by atoms with E-state index in [2.05, 4.69) is 51.5 Å². The maximum absolute atomic E-state index is 13.7. The van der Waals surface area contributed by atoms with Crippen molar-refractivity contribution < 1.29 is 43.8 Å². The summed E-state index contributed by atoms with van der Waals surface area (Å²) in [6.45, 7) is 1.01. The largest absolute Gasteiger partial charge is 0.480 e. The molecular weight excluding hydrogens is 774 g/mol. The van der Waals surface area contributed by atoms with E-state index in [0.29, 0.717) is 37.2 Å². The van der Waals surface area contributed by atoms with Crippen molar-refractivity contribution in [2.45, 2.75) is 107 Å². The lowest BCUT2D eigenvalue weighted by molar-refractivity contribution is -0.144. The zero-order valence-electron chi connectivity index (χ0n) is 32.9. The molecule has 0 unspecified atom stereocenters. The van der Waals surface area contributed by atoms with Crippen molar-refractivity contribution in [2.75, 3.05) is 26.2 Å². The van der Waals surface area contributed by atoms with Crippen LogP contribution >= 0.6 is 0 Å². The molecule has 24 heteroatoms. The molecular formula is C35H57N15O9. The Labute approximate surface area is 339 Å². The first-order chi connectivity index (χ1) is 28.1. The Hall–Kier alpha value is -6.14. The summed E-state index contributed by atoms with van der Waals surface area (Å²) in [4.78, 5) is 111. The second-order valence-corrected chi connectivity index (χ2v) is 14.1. The highest BCUT2D eigenvalue weighted by atomic mass is 16.4. The molecule has 3 heterocycles. The Morgan fingerprint density at radius 1 is 0.831 bits per heavy atom. The van der Waals surface area contributed by atoms with Crippen molar-refractivity contribution in [2.24, 2.45) is 27.9 Å². The van der Waals surface area contributed by atoms with Gasteiger partial charge in [-0.3, -0.25) is 33.8 Å². The van der Waals surface area contributed by atoms with Crippen LogP contribution in [0, 0.1) is 0 Å².